The molecule has 3 atom stereocenters. The van der Waals surface area contributed by atoms with Crippen molar-refractivity contribution in [2.75, 3.05) is 13.7 Å². The van der Waals surface area contributed by atoms with Gasteiger partial charge in [-0.15, -0.1) is 0 Å². The third-order valence-corrected chi connectivity index (χ3v) is 1.75. The van der Waals surface area contributed by atoms with Crippen molar-refractivity contribution in [3.63, 3.8) is 0 Å². The molecule has 0 rings (SSSR count). The van der Waals surface area contributed by atoms with Gasteiger partial charge in [-0.3, -0.25) is 0 Å². The van der Waals surface area contributed by atoms with Gasteiger partial charge in [0.25, 0.3) is 0 Å². The molecule has 0 aromatic carbocycles. The number of esters is 1. The van der Waals surface area contributed by atoms with E-state index in [1.807, 2.05) is 0 Å². The number of carbonyl (C=O) groups is 1. The van der Waals surface area contributed by atoms with Gasteiger partial charge in [-0.1, -0.05) is 0 Å². The van der Waals surface area contributed by atoms with Crippen molar-refractivity contribution >= 4 is 5.97 Å². The Morgan fingerprint density at radius 2 is 1.87 bits per heavy atom. The van der Waals surface area contributed by atoms with Crippen molar-refractivity contribution in [3.8, 4) is 0 Å². The third-order valence-electron chi connectivity index (χ3n) is 1.75. The lowest BCUT2D eigenvalue weighted by molar-refractivity contribution is -0.216. The molecule has 4 N–H and O–H groups in total. The Kier molecular flexibility index (Phi) is 5.01. The quantitative estimate of drug-likeness (QED) is 0.402. The van der Waals surface area contributed by atoms with E-state index in [1.54, 1.807) is 0 Å². The van der Waals surface area contributed by atoms with Crippen molar-refractivity contribution in [2.24, 2.45) is 0 Å². The maximum absolute atomic E-state index is 12.9. The lowest BCUT2D eigenvalue weighted by atomic mass is 10.0. The maximum Gasteiger partial charge on any atom is 0.337 e. The highest BCUT2D eigenvalue weighted by Gasteiger charge is 2.51. The van der Waals surface area contributed by atoms with Gasteiger partial charge in [-0.25, -0.2) is 13.6 Å². The van der Waals surface area contributed by atoms with Gasteiger partial charge in [-0.05, 0) is 0 Å². The molecule has 0 aromatic heterocycles. The molecule has 0 aliphatic heterocycles. The summed E-state index contributed by atoms with van der Waals surface area (Å²) < 4.78 is 29.8. The van der Waals surface area contributed by atoms with E-state index in [4.69, 9.17) is 20.4 Å². The summed E-state index contributed by atoms with van der Waals surface area (Å²) >= 11 is 0. The second-order valence-electron chi connectivity index (χ2n) is 2.79. The molecule has 0 saturated carbocycles. The van der Waals surface area contributed by atoms with Crippen molar-refractivity contribution in [1.82, 2.24) is 0 Å². The molecule has 0 spiro atoms. The molecule has 0 amide bonds. The summed E-state index contributed by atoms with van der Waals surface area (Å²) in [5.41, 5.74) is 0. The van der Waals surface area contributed by atoms with E-state index in [0.29, 0.717) is 0 Å². The second kappa shape index (κ2) is 5.31. The molecule has 0 aliphatic carbocycles. The van der Waals surface area contributed by atoms with Crippen LogP contribution in [-0.2, 0) is 9.53 Å². The molecular formula is C7H12F2O6. The molecule has 0 saturated heterocycles. The number of aliphatic hydroxyl groups excluding tert-OH is 4. The van der Waals surface area contributed by atoms with Crippen LogP contribution in [0.5, 0.6) is 0 Å². The van der Waals surface area contributed by atoms with Gasteiger partial charge < -0.3 is 25.2 Å². The fourth-order valence-corrected chi connectivity index (χ4v) is 0.779. The van der Waals surface area contributed by atoms with Crippen LogP contribution in [0.1, 0.15) is 0 Å². The van der Waals surface area contributed by atoms with Crippen molar-refractivity contribution in [1.29, 1.82) is 0 Å². The minimum absolute atomic E-state index is 0.832. The molecule has 0 aromatic rings. The number of aliphatic hydroxyl groups is 4. The number of alkyl halides is 2. The highest BCUT2D eigenvalue weighted by molar-refractivity contribution is 5.75. The average Bonchev–Trinajstić information content (AvgIpc) is 2.24. The first-order valence-electron chi connectivity index (χ1n) is 3.89. The molecule has 15 heavy (non-hydrogen) atoms. The van der Waals surface area contributed by atoms with E-state index < -0.39 is 36.8 Å². The van der Waals surface area contributed by atoms with Crippen molar-refractivity contribution < 1.29 is 38.7 Å². The summed E-state index contributed by atoms with van der Waals surface area (Å²) in [7, 11) is 0.832. The van der Waals surface area contributed by atoms with Crippen molar-refractivity contribution in [3.05, 3.63) is 0 Å². The smallest absolute Gasteiger partial charge is 0.337 e. The molecule has 0 heterocycles. The summed E-state index contributed by atoms with van der Waals surface area (Å²) in [5, 5.41) is 34.6. The first-order valence-corrected chi connectivity index (χ1v) is 3.89. The number of methoxy groups -OCH3 is 1. The van der Waals surface area contributed by atoms with Crippen LogP contribution in [0, 0.1) is 0 Å². The van der Waals surface area contributed by atoms with Crippen LogP contribution in [0.2, 0.25) is 0 Å². The predicted molar refractivity (Wildman–Crippen MR) is 42.1 cm³/mol. The lowest BCUT2D eigenvalue weighted by Gasteiger charge is -2.27. The SMILES string of the molecule is COC(=O)[C@H](O)[C@@H](O)C(F)(F)[C@H](O)CO. The zero-order valence-corrected chi connectivity index (χ0v) is 7.80. The lowest BCUT2D eigenvalue weighted by Crippen LogP contribution is -2.54. The van der Waals surface area contributed by atoms with Gasteiger partial charge in [0.15, 0.2) is 12.2 Å². The van der Waals surface area contributed by atoms with Gasteiger partial charge in [0.05, 0.1) is 13.7 Å². The molecule has 6 nitrogen and oxygen atoms in total. The van der Waals surface area contributed by atoms with E-state index in [0.717, 1.165) is 7.11 Å². The van der Waals surface area contributed by atoms with E-state index >= 15 is 0 Å². The van der Waals surface area contributed by atoms with E-state index in [9.17, 15) is 13.6 Å². The molecule has 0 fully saturated rings. The maximum atomic E-state index is 12.9. The predicted octanol–water partition coefficient (Wildman–Crippen LogP) is -2.13. The number of carbonyl (C=O) groups excluding carboxylic acids is 1. The zero-order valence-electron chi connectivity index (χ0n) is 7.80. The third kappa shape index (κ3) is 3.06. The van der Waals surface area contributed by atoms with Gasteiger partial charge in [0.1, 0.15) is 6.10 Å². The van der Waals surface area contributed by atoms with Gasteiger partial charge in [0.2, 0.25) is 0 Å². The Balaban J connectivity index is 4.67. The minimum Gasteiger partial charge on any atom is -0.467 e. The topological polar surface area (TPSA) is 107 Å². The van der Waals surface area contributed by atoms with Gasteiger partial charge in [-0.2, -0.15) is 0 Å². The molecule has 0 aliphatic rings. The van der Waals surface area contributed by atoms with E-state index in [2.05, 4.69) is 4.74 Å². The van der Waals surface area contributed by atoms with Crippen LogP contribution < -0.4 is 0 Å². The fourth-order valence-electron chi connectivity index (χ4n) is 0.779. The molecule has 0 radical (unpaired) electrons. The first kappa shape index (κ1) is 14.2. The fraction of sp³-hybridized carbons (Fsp3) is 0.857. The second-order valence-corrected chi connectivity index (χ2v) is 2.79. The standard InChI is InChI=1S/C7H12F2O6/c1-15-6(14)4(12)5(13)7(8,9)3(11)2-10/h3-5,10-13H,2H2,1H3/t3-,4-,5-/m1/s1. The van der Waals surface area contributed by atoms with E-state index in [1.165, 1.54) is 0 Å². The largest absolute Gasteiger partial charge is 0.467 e. The van der Waals surface area contributed by atoms with Crippen LogP contribution in [0.25, 0.3) is 0 Å². The van der Waals surface area contributed by atoms with E-state index in [-0.39, 0.29) is 0 Å². The number of halogens is 2. The number of ether oxygens (including phenoxy) is 1. The molecule has 0 unspecified atom stereocenters. The number of hydrogen-bond acceptors (Lipinski definition) is 6. The summed E-state index contributed by atoms with van der Waals surface area (Å²) in [5.74, 6) is -5.69. The van der Waals surface area contributed by atoms with Gasteiger partial charge >= 0.3 is 11.9 Å². The summed E-state index contributed by atoms with van der Waals surface area (Å²) in [6.07, 6.45) is -7.93. The summed E-state index contributed by atoms with van der Waals surface area (Å²) in [6.45, 7) is -1.32. The Bertz CT molecular complexity index is 222. The number of hydrogen-bond donors (Lipinski definition) is 4. The Morgan fingerprint density at radius 1 is 1.40 bits per heavy atom. The number of rotatable bonds is 5. The first-order chi connectivity index (χ1) is 6.78. The van der Waals surface area contributed by atoms with Crippen LogP contribution in [0.4, 0.5) is 8.78 Å². The Labute approximate surface area is 83.7 Å². The van der Waals surface area contributed by atoms with Gasteiger partial charge in [0, 0.05) is 0 Å². The van der Waals surface area contributed by atoms with Crippen LogP contribution in [-0.4, -0.2) is 64.3 Å². The Morgan fingerprint density at radius 3 is 2.20 bits per heavy atom. The minimum atomic E-state index is -4.22. The normalized spacial score (nSPS) is 18.1. The van der Waals surface area contributed by atoms with Crippen LogP contribution in [0.3, 0.4) is 0 Å². The van der Waals surface area contributed by atoms with Crippen LogP contribution in [0.15, 0.2) is 0 Å². The van der Waals surface area contributed by atoms with Crippen LogP contribution >= 0.6 is 0 Å². The van der Waals surface area contributed by atoms with Crippen molar-refractivity contribution in [2.45, 2.75) is 24.2 Å². The Hall–Kier alpha value is -0.830. The molecule has 90 valence electrons. The summed E-state index contributed by atoms with van der Waals surface area (Å²) in [6, 6.07) is 0. The monoisotopic (exact) mass is 230 g/mol. The summed E-state index contributed by atoms with van der Waals surface area (Å²) in [4.78, 5) is 10.6. The molecule has 8 heteroatoms. The highest BCUT2D eigenvalue weighted by atomic mass is 19.3. The molecular weight excluding hydrogens is 218 g/mol. The zero-order chi connectivity index (χ0) is 12.2. The average molecular weight is 230 g/mol. The highest BCUT2D eigenvalue weighted by Crippen LogP contribution is 2.25. The molecule has 0 bridgehead atoms.